The van der Waals surface area contributed by atoms with Crippen LogP contribution in [0.3, 0.4) is 0 Å². The van der Waals surface area contributed by atoms with Crippen molar-refractivity contribution in [3.05, 3.63) is 41.3 Å². The van der Waals surface area contributed by atoms with E-state index < -0.39 is 0 Å². The molecule has 0 saturated carbocycles. The Hall–Kier alpha value is -1.32. The molecule has 96 valence electrons. The first-order valence-electron chi connectivity index (χ1n) is 6.12. The first kappa shape index (κ1) is 13.1. The zero-order chi connectivity index (χ0) is 13.1. The average Bonchev–Trinajstić information content (AvgIpc) is 2.78. The van der Waals surface area contributed by atoms with Crippen molar-refractivity contribution in [3.63, 3.8) is 0 Å². The van der Waals surface area contributed by atoms with Crippen LogP contribution in [0.15, 0.2) is 30.5 Å². The van der Waals surface area contributed by atoms with Crippen LogP contribution in [0.1, 0.15) is 32.1 Å². The highest BCUT2D eigenvalue weighted by atomic mass is 35.5. The van der Waals surface area contributed by atoms with E-state index in [2.05, 4.69) is 23.8 Å². The Morgan fingerprint density at radius 3 is 2.56 bits per heavy atom. The first-order valence-corrected chi connectivity index (χ1v) is 6.50. The van der Waals surface area contributed by atoms with E-state index in [-0.39, 0.29) is 6.04 Å². The Bertz CT molecular complexity index is 502. The quantitative estimate of drug-likeness (QED) is 0.882. The van der Waals surface area contributed by atoms with Crippen LogP contribution in [0, 0.1) is 5.92 Å². The van der Waals surface area contributed by atoms with E-state index in [1.807, 2.05) is 30.5 Å². The van der Waals surface area contributed by atoms with Gasteiger partial charge in [-0.25, -0.2) is 4.98 Å². The molecule has 0 bridgehead atoms. The second-order valence-electron chi connectivity index (χ2n) is 4.93. The molecule has 1 unspecified atom stereocenters. The molecule has 2 rings (SSSR count). The van der Waals surface area contributed by atoms with Crippen LogP contribution in [-0.2, 0) is 0 Å². The van der Waals surface area contributed by atoms with Gasteiger partial charge in [-0.15, -0.1) is 0 Å². The molecule has 0 aliphatic rings. The SMILES string of the molecule is CC(C)CC(N)c1ncc(-c2ccc(Cl)cc2)[nH]1. The fraction of sp³-hybridized carbons (Fsp3) is 0.357. The maximum Gasteiger partial charge on any atom is 0.123 e. The summed E-state index contributed by atoms with van der Waals surface area (Å²) in [5.74, 6) is 1.40. The first-order chi connectivity index (χ1) is 8.56. The van der Waals surface area contributed by atoms with E-state index in [1.165, 1.54) is 0 Å². The second-order valence-corrected chi connectivity index (χ2v) is 5.36. The van der Waals surface area contributed by atoms with Gasteiger partial charge in [-0.1, -0.05) is 37.6 Å². The van der Waals surface area contributed by atoms with Crippen LogP contribution >= 0.6 is 11.6 Å². The fourth-order valence-corrected chi connectivity index (χ4v) is 2.05. The van der Waals surface area contributed by atoms with Gasteiger partial charge in [0.05, 0.1) is 17.9 Å². The van der Waals surface area contributed by atoms with Gasteiger partial charge in [0, 0.05) is 5.02 Å². The Morgan fingerprint density at radius 2 is 1.94 bits per heavy atom. The minimum Gasteiger partial charge on any atom is -0.341 e. The summed E-state index contributed by atoms with van der Waals surface area (Å²) < 4.78 is 0. The number of nitrogens with zero attached hydrogens (tertiary/aromatic N) is 1. The number of nitrogens with two attached hydrogens (primary N) is 1. The lowest BCUT2D eigenvalue weighted by molar-refractivity contribution is 0.496. The summed E-state index contributed by atoms with van der Waals surface area (Å²) >= 11 is 5.87. The molecule has 4 heteroatoms. The van der Waals surface area contributed by atoms with Crippen LogP contribution in [0.5, 0.6) is 0 Å². The van der Waals surface area contributed by atoms with Crippen LogP contribution in [0.4, 0.5) is 0 Å². The van der Waals surface area contributed by atoms with Crippen molar-refractivity contribution >= 4 is 11.6 Å². The molecule has 1 aromatic carbocycles. The summed E-state index contributed by atoms with van der Waals surface area (Å²) in [4.78, 5) is 7.63. The molecule has 3 N–H and O–H groups in total. The van der Waals surface area contributed by atoms with Gasteiger partial charge in [0.1, 0.15) is 5.82 Å². The third kappa shape index (κ3) is 3.12. The summed E-state index contributed by atoms with van der Waals surface area (Å²) in [7, 11) is 0. The molecule has 1 atom stereocenters. The molecule has 0 saturated heterocycles. The van der Waals surface area contributed by atoms with Crippen molar-refractivity contribution in [1.29, 1.82) is 0 Å². The Labute approximate surface area is 112 Å². The van der Waals surface area contributed by atoms with Crippen molar-refractivity contribution < 1.29 is 0 Å². The molecule has 2 aromatic rings. The van der Waals surface area contributed by atoms with Crippen LogP contribution in [0.2, 0.25) is 5.02 Å². The number of halogens is 1. The molecule has 3 nitrogen and oxygen atoms in total. The summed E-state index contributed by atoms with van der Waals surface area (Å²) in [6.07, 6.45) is 2.74. The normalized spacial score (nSPS) is 12.9. The van der Waals surface area contributed by atoms with Crippen LogP contribution in [0.25, 0.3) is 11.3 Å². The predicted molar refractivity (Wildman–Crippen MR) is 75.4 cm³/mol. The summed E-state index contributed by atoms with van der Waals surface area (Å²) in [5.41, 5.74) is 8.13. The minimum absolute atomic E-state index is 0.0361. The Morgan fingerprint density at radius 1 is 1.28 bits per heavy atom. The smallest absolute Gasteiger partial charge is 0.123 e. The number of rotatable bonds is 4. The lowest BCUT2D eigenvalue weighted by atomic mass is 10.0. The number of imidazole rings is 1. The van der Waals surface area contributed by atoms with Crippen LogP contribution in [-0.4, -0.2) is 9.97 Å². The fourth-order valence-electron chi connectivity index (χ4n) is 1.92. The number of H-pyrrole nitrogens is 1. The highest BCUT2D eigenvalue weighted by Crippen LogP contribution is 2.22. The molecular weight excluding hydrogens is 246 g/mol. The molecule has 0 radical (unpaired) electrons. The maximum absolute atomic E-state index is 6.10. The van der Waals surface area contributed by atoms with Crippen molar-refractivity contribution in [2.75, 3.05) is 0 Å². The Balaban J connectivity index is 2.17. The van der Waals surface area contributed by atoms with E-state index >= 15 is 0 Å². The van der Waals surface area contributed by atoms with Crippen molar-refractivity contribution in [2.45, 2.75) is 26.3 Å². The molecule has 0 spiro atoms. The number of hydrogen-bond donors (Lipinski definition) is 2. The van der Waals surface area contributed by atoms with Crippen molar-refractivity contribution in [1.82, 2.24) is 9.97 Å². The topological polar surface area (TPSA) is 54.7 Å². The molecule has 18 heavy (non-hydrogen) atoms. The molecule has 0 amide bonds. The second kappa shape index (κ2) is 5.55. The lowest BCUT2D eigenvalue weighted by Crippen LogP contribution is -2.14. The largest absolute Gasteiger partial charge is 0.341 e. The number of hydrogen-bond acceptors (Lipinski definition) is 2. The third-order valence-corrected chi connectivity index (χ3v) is 3.08. The monoisotopic (exact) mass is 263 g/mol. The molecule has 0 fully saturated rings. The minimum atomic E-state index is -0.0361. The molecular formula is C14H18ClN3. The maximum atomic E-state index is 6.10. The van der Waals surface area contributed by atoms with Gasteiger partial charge in [-0.3, -0.25) is 0 Å². The summed E-state index contributed by atoms with van der Waals surface area (Å²) in [6, 6.07) is 7.63. The van der Waals surface area contributed by atoms with E-state index in [0.717, 1.165) is 28.5 Å². The van der Waals surface area contributed by atoms with E-state index in [9.17, 15) is 0 Å². The van der Waals surface area contributed by atoms with Gasteiger partial charge in [0.15, 0.2) is 0 Å². The number of benzene rings is 1. The predicted octanol–water partition coefficient (Wildman–Crippen LogP) is 3.78. The standard InChI is InChI=1S/C14H18ClN3/c1-9(2)7-12(16)14-17-8-13(18-14)10-3-5-11(15)6-4-10/h3-6,8-9,12H,7,16H2,1-2H3,(H,17,18). The van der Waals surface area contributed by atoms with Gasteiger partial charge >= 0.3 is 0 Å². The van der Waals surface area contributed by atoms with Gasteiger partial charge < -0.3 is 10.7 Å². The highest BCUT2D eigenvalue weighted by Gasteiger charge is 2.12. The van der Waals surface area contributed by atoms with E-state index in [1.54, 1.807) is 0 Å². The summed E-state index contributed by atoms with van der Waals surface area (Å²) in [5, 5.41) is 0.731. The number of nitrogens with one attached hydrogen (secondary N) is 1. The van der Waals surface area contributed by atoms with Gasteiger partial charge in [0.25, 0.3) is 0 Å². The Kier molecular flexibility index (Phi) is 4.04. The number of aromatic nitrogens is 2. The molecule has 0 aliphatic heterocycles. The van der Waals surface area contributed by atoms with E-state index in [0.29, 0.717) is 5.92 Å². The van der Waals surface area contributed by atoms with Crippen LogP contribution < -0.4 is 5.73 Å². The summed E-state index contributed by atoms with van der Waals surface area (Å²) in [6.45, 7) is 4.31. The van der Waals surface area contributed by atoms with Gasteiger partial charge in [0.2, 0.25) is 0 Å². The molecule has 1 heterocycles. The zero-order valence-corrected chi connectivity index (χ0v) is 11.4. The number of aromatic amines is 1. The van der Waals surface area contributed by atoms with Gasteiger partial charge in [-0.05, 0) is 30.0 Å². The van der Waals surface area contributed by atoms with E-state index in [4.69, 9.17) is 17.3 Å². The van der Waals surface area contributed by atoms with Crippen molar-refractivity contribution in [3.8, 4) is 11.3 Å². The van der Waals surface area contributed by atoms with Gasteiger partial charge in [-0.2, -0.15) is 0 Å². The van der Waals surface area contributed by atoms with Crippen molar-refractivity contribution in [2.24, 2.45) is 11.7 Å². The zero-order valence-electron chi connectivity index (χ0n) is 10.7. The molecule has 1 aromatic heterocycles. The molecule has 0 aliphatic carbocycles. The highest BCUT2D eigenvalue weighted by molar-refractivity contribution is 6.30. The average molecular weight is 264 g/mol. The third-order valence-electron chi connectivity index (χ3n) is 2.83. The lowest BCUT2D eigenvalue weighted by Gasteiger charge is -2.10.